The molecule has 1 saturated carbocycles. The lowest BCUT2D eigenvalue weighted by molar-refractivity contribution is 0.101. The van der Waals surface area contributed by atoms with Gasteiger partial charge in [-0.3, -0.25) is 8.98 Å². The number of anilines is 1. The number of thiophene rings is 1. The Labute approximate surface area is 224 Å². The van der Waals surface area contributed by atoms with Crippen LogP contribution >= 0.6 is 38.9 Å². The number of nitrogens with zero attached hydrogens (tertiary/aromatic N) is 2. The summed E-state index contributed by atoms with van der Waals surface area (Å²) in [5, 5.41) is 29.1. The van der Waals surface area contributed by atoms with Crippen LogP contribution in [-0.2, 0) is 14.5 Å². The van der Waals surface area contributed by atoms with E-state index in [1.807, 2.05) is 6.07 Å². The summed E-state index contributed by atoms with van der Waals surface area (Å²) >= 11 is 10.8. The predicted molar refractivity (Wildman–Crippen MR) is 138 cm³/mol. The number of carbonyl (C=O) groups excluding carboxylic acids is 1. The molecule has 10 nitrogen and oxygen atoms in total. The maximum absolute atomic E-state index is 13.4. The second-order valence-electron chi connectivity index (χ2n) is 8.33. The van der Waals surface area contributed by atoms with Crippen LogP contribution in [0.15, 0.2) is 47.3 Å². The molecule has 14 heteroatoms. The third-order valence-corrected chi connectivity index (χ3v) is 8.14. The van der Waals surface area contributed by atoms with Crippen molar-refractivity contribution in [1.82, 2.24) is 9.97 Å². The van der Waals surface area contributed by atoms with Crippen molar-refractivity contribution >= 4 is 60.8 Å². The highest BCUT2D eigenvalue weighted by Gasteiger charge is 2.35. The molecule has 3 aromatic rings. The first-order valence-corrected chi connectivity index (χ1v) is 14.2. The smallest absolute Gasteiger partial charge is 0.333 e. The molecule has 1 aliphatic rings. The number of carbonyl (C=O) groups is 1. The Balaban J connectivity index is 1.51. The third kappa shape index (κ3) is 6.47. The van der Waals surface area contributed by atoms with E-state index < -0.39 is 28.4 Å². The quantitative estimate of drug-likeness (QED) is 0.264. The van der Waals surface area contributed by atoms with Gasteiger partial charge in [-0.2, -0.15) is 8.42 Å². The van der Waals surface area contributed by atoms with Crippen LogP contribution in [0.25, 0.3) is 0 Å². The van der Waals surface area contributed by atoms with Crippen LogP contribution in [0.3, 0.4) is 0 Å². The molecular weight excluding hydrogens is 596 g/mol. The molecule has 2 aromatic heterocycles. The van der Waals surface area contributed by atoms with Gasteiger partial charge in [0.1, 0.15) is 18.2 Å². The van der Waals surface area contributed by atoms with Crippen LogP contribution in [0.5, 0.6) is 0 Å². The van der Waals surface area contributed by atoms with Gasteiger partial charge in [0.05, 0.1) is 27.5 Å². The SMILES string of the molecule is NS(=O)(=O)OC[C@H]1C[C@@H](Nc2ncncc2C(=O)c2cc([C@H](O)c3cccc(Br)c3)c(Cl)s2)C[C@@H]1O. The van der Waals surface area contributed by atoms with Crippen molar-refractivity contribution in [2.24, 2.45) is 11.1 Å². The topological polar surface area (TPSA) is 165 Å². The average molecular weight is 618 g/mol. The van der Waals surface area contributed by atoms with Gasteiger partial charge in [0.25, 0.3) is 0 Å². The summed E-state index contributed by atoms with van der Waals surface area (Å²) in [5.41, 5.74) is 1.22. The van der Waals surface area contributed by atoms with Crippen LogP contribution < -0.4 is 10.5 Å². The number of rotatable bonds is 9. The second-order valence-corrected chi connectivity index (χ2v) is 12.1. The van der Waals surface area contributed by atoms with Crippen molar-refractivity contribution in [3.8, 4) is 0 Å². The van der Waals surface area contributed by atoms with Crippen molar-refractivity contribution in [2.75, 3.05) is 11.9 Å². The molecule has 0 unspecified atom stereocenters. The molecule has 36 heavy (non-hydrogen) atoms. The Hall–Kier alpha value is -1.97. The zero-order valence-corrected chi connectivity index (χ0v) is 22.5. The van der Waals surface area contributed by atoms with Crippen LogP contribution in [-0.4, -0.2) is 53.1 Å². The van der Waals surface area contributed by atoms with E-state index in [1.54, 1.807) is 24.3 Å². The molecule has 1 fully saturated rings. The summed E-state index contributed by atoms with van der Waals surface area (Å²) in [5.74, 6) is -0.579. The number of benzene rings is 1. The van der Waals surface area contributed by atoms with Crippen LogP contribution in [0.4, 0.5) is 5.82 Å². The first kappa shape index (κ1) is 27.1. The summed E-state index contributed by atoms with van der Waals surface area (Å²) in [7, 11) is -4.11. The molecule has 4 atom stereocenters. The molecule has 1 aliphatic carbocycles. The zero-order chi connectivity index (χ0) is 26.0. The van der Waals surface area contributed by atoms with Crippen molar-refractivity contribution in [3.63, 3.8) is 0 Å². The van der Waals surface area contributed by atoms with Crippen LogP contribution in [0.1, 0.15) is 45.3 Å². The Morgan fingerprint density at radius 2 is 2.14 bits per heavy atom. The molecule has 4 rings (SSSR count). The molecule has 5 N–H and O–H groups in total. The summed E-state index contributed by atoms with van der Waals surface area (Å²) in [6.07, 6.45) is 1.50. The minimum absolute atomic E-state index is 0.192. The second kappa shape index (κ2) is 11.2. The molecular formula is C22H22BrClN4O6S2. The minimum Gasteiger partial charge on any atom is -0.393 e. The minimum atomic E-state index is -4.11. The summed E-state index contributed by atoms with van der Waals surface area (Å²) in [6.45, 7) is -0.246. The summed E-state index contributed by atoms with van der Waals surface area (Å²) in [6, 6.07) is 8.41. The zero-order valence-electron chi connectivity index (χ0n) is 18.5. The number of halogens is 2. The van der Waals surface area contributed by atoms with Crippen molar-refractivity contribution < 1.29 is 27.6 Å². The average Bonchev–Trinajstić information content (AvgIpc) is 3.38. The summed E-state index contributed by atoms with van der Waals surface area (Å²) in [4.78, 5) is 21.8. The van der Waals surface area contributed by atoms with Crippen LogP contribution in [0.2, 0.25) is 4.34 Å². The number of aromatic nitrogens is 2. The van der Waals surface area contributed by atoms with Gasteiger partial charge in [0.2, 0.25) is 5.78 Å². The van der Waals surface area contributed by atoms with Gasteiger partial charge in [-0.25, -0.2) is 15.1 Å². The van der Waals surface area contributed by atoms with E-state index in [4.69, 9.17) is 16.7 Å². The number of nitrogens with two attached hydrogens (primary N) is 1. The lowest BCUT2D eigenvalue weighted by Gasteiger charge is -2.15. The maximum atomic E-state index is 13.4. The third-order valence-electron chi connectivity index (χ3n) is 5.80. The molecule has 0 spiro atoms. The fourth-order valence-corrected chi connectivity index (χ4v) is 6.11. The number of nitrogens with one attached hydrogen (secondary N) is 1. The van der Waals surface area contributed by atoms with Gasteiger partial charge >= 0.3 is 10.3 Å². The standard InChI is InChI=1S/C22H22BrClN4O6S2/c23-13-3-1-2-11(4-13)19(30)15-7-18(35-21(15)24)20(31)16-8-26-10-27-22(16)28-14-5-12(17(29)6-14)9-34-36(25,32)33/h1-4,7-8,10,12,14,17,19,29-30H,5-6,9H2,(H2,25,32,33)(H,26,27,28)/t12-,14-,17+,19-/m1/s1. The molecule has 0 amide bonds. The molecule has 0 saturated heterocycles. The number of hydrogen-bond donors (Lipinski definition) is 4. The van der Waals surface area contributed by atoms with E-state index >= 15 is 0 Å². The molecule has 1 aromatic carbocycles. The number of hydrogen-bond acceptors (Lipinski definition) is 10. The summed E-state index contributed by atoms with van der Waals surface area (Å²) < 4.78 is 27.8. The van der Waals surface area contributed by atoms with Crippen LogP contribution in [0, 0.1) is 5.92 Å². The Kier molecular flexibility index (Phi) is 8.42. The lowest BCUT2D eigenvalue weighted by Crippen LogP contribution is -2.24. The molecule has 2 heterocycles. The highest BCUT2D eigenvalue weighted by atomic mass is 79.9. The largest absolute Gasteiger partial charge is 0.393 e. The van der Waals surface area contributed by atoms with E-state index in [2.05, 4.69) is 35.4 Å². The van der Waals surface area contributed by atoms with Crippen molar-refractivity contribution in [2.45, 2.75) is 31.1 Å². The first-order valence-electron chi connectivity index (χ1n) is 10.7. The number of ketones is 1. The van der Waals surface area contributed by atoms with E-state index in [0.717, 1.165) is 15.8 Å². The molecule has 0 aliphatic heterocycles. The van der Waals surface area contributed by atoms with Crippen molar-refractivity contribution in [3.05, 3.63) is 73.2 Å². The van der Waals surface area contributed by atoms with Gasteiger partial charge in [-0.1, -0.05) is 39.7 Å². The van der Waals surface area contributed by atoms with Gasteiger partial charge in [-0.05, 0) is 36.6 Å². The Bertz CT molecular complexity index is 1370. The predicted octanol–water partition coefficient (Wildman–Crippen LogP) is 3.04. The number of aliphatic hydroxyl groups is 2. The number of aliphatic hydroxyl groups excluding tert-OH is 2. The van der Waals surface area contributed by atoms with Gasteiger partial charge in [-0.15, -0.1) is 11.3 Å². The fourth-order valence-electron chi connectivity index (χ4n) is 4.06. The maximum Gasteiger partial charge on any atom is 0.333 e. The highest BCUT2D eigenvalue weighted by molar-refractivity contribution is 9.10. The normalized spacial score (nSPS) is 20.9. The van der Waals surface area contributed by atoms with Gasteiger partial charge in [0.15, 0.2) is 0 Å². The van der Waals surface area contributed by atoms with E-state index in [-0.39, 0.29) is 34.1 Å². The Morgan fingerprint density at radius 3 is 2.86 bits per heavy atom. The van der Waals surface area contributed by atoms with E-state index in [9.17, 15) is 23.4 Å². The van der Waals surface area contributed by atoms with Gasteiger partial charge < -0.3 is 15.5 Å². The van der Waals surface area contributed by atoms with E-state index in [1.165, 1.54) is 12.5 Å². The van der Waals surface area contributed by atoms with E-state index in [0.29, 0.717) is 28.8 Å². The first-order chi connectivity index (χ1) is 17.0. The molecule has 192 valence electrons. The highest BCUT2D eigenvalue weighted by Crippen LogP contribution is 2.37. The molecule has 0 bridgehead atoms. The monoisotopic (exact) mass is 616 g/mol. The molecule has 0 radical (unpaired) electrons. The Morgan fingerprint density at radius 1 is 1.36 bits per heavy atom. The fraction of sp³-hybridized carbons (Fsp3) is 0.318. The van der Waals surface area contributed by atoms with Crippen molar-refractivity contribution in [1.29, 1.82) is 0 Å². The lowest BCUT2D eigenvalue weighted by atomic mass is 10.0. The van der Waals surface area contributed by atoms with Gasteiger partial charge in [0, 0.05) is 28.2 Å².